The minimum Gasteiger partial charge on any atom is -0.366 e. The molecule has 0 bridgehead atoms. The average molecular weight is 310 g/mol. The third-order valence-electron chi connectivity index (χ3n) is 4.58. The number of fused-ring (bicyclic) bond motifs is 3. The maximum Gasteiger partial charge on any atom is 0.150 e. The smallest absolute Gasteiger partial charge is 0.150 e. The van der Waals surface area contributed by atoms with Gasteiger partial charge in [-0.15, -0.1) is 0 Å². The van der Waals surface area contributed by atoms with E-state index in [9.17, 15) is 0 Å². The summed E-state index contributed by atoms with van der Waals surface area (Å²) in [5.74, 6) is 0.950. The lowest BCUT2D eigenvalue weighted by Crippen LogP contribution is -2.28. The molecule has 122 valence electrons. The second kappa shape index (κ2) is 7.01. The fourth-order valence-corrected chi connectivity index (χ4v) is 3.11. The van der Waals surface area contributed by atoms with Crippen LogP contribution in [0.5, 0.6) is 0 Å². The summed E-state index contributed by atoms with van der Waals surface area (Å²) in [6.45, 7) is 10.00. The number of rotatable bonds is 7. The fourth-order valence-electron chi connectivity index (χ4n) is 3.11. The summed E-state index contributed by atoms with van der Waals surface area (Å²) >= 11 is 0. The number of aromatic nitrogens is 2. The molecular weight excluding hydrogens is 284 g/mol. The van der Waals surface area contributed by atoms with Gasteiger partial charge in [-0.3, -0.25) is 0 Å². The summed E-state index contributed by atoms with van der Waals surface area (Å²) < 4.78 is 0. The van der Waals surface area contributed by atoms with Crippen molar-refractivity contribution in [3.8, 4) is 0 Å². The van der Waals surface area contributed by atoms with Gasteiger partial charge >= 0.3 is 0 Å². The van der Waals surface area contributed by atoms with Crippen LogP contribution in [0.15, 0.2) is 36.5 Å². The zero-order valence-electron chi connectivity index (χ0n) is 14.3. The van der Waals surface area contributed by atoms with E-state index in [1.807, 2.05) is 6.20 Å². The zero-order chi connectivity index (χ0) is 16.2. The standard InChI is InChI=1S/C19H26N4/c1-4-23(5-2)13-11-14(3)21-19-18-16(10-12-20-19)15-8-6-7-9-17(15)22-18/h6-10,12,14,22H,4-5,11,13H2,1-3H3,(H,20,21). The third-order valence-corrected chi connectivity index (χ3v) is 4.58. The maximum absolute atomic E-state index is 4.55. The number of benzene rings is 1. The molecule has 4 nitrogen and oxygen atoms in total. The van der Waals surface area contributed by atoms with Gasteiger partial charge in [-0.1, -0.05) is 32.0 Å². The van der Waals surface area contributed by atoms with Crippen LogP contribution in [-0.4, -0.2) is 40.5 Å². The Morgan fingerprint density at radius 3 is 2.70 bits per heavy atom. The normalized spacial score (nSPS) is 13.0. The van der Waals surface area contributed by atoms with Crippen LogP contribution in [0.4, 0.5) is 5.82 Å². The molecule has 2 heterocycles. The molecule has 0 fully saturated rings. The summed E-state index contributed by atoms with van der Waals surface area (Å²) in [5, 5.41) is 6.06. The maximum atomic E-state index is 4.55. The molecule has 0 aliphatic heterocycles. The van der Waals surface area contributed by atoms with Crippen molar-refractivity contribution in [2.24, 2.45) is 0 Å². The van der Waals surface area contributed by atoms with Crippen molar-refractivity contribution < 1.29 is 0 Å². The third kappa shape index (κ3) is 3.32. The van der Waals surface area contributed by atoms with Crippen molar-refractivity contribution >= 4 is 27.6 Å². The molecule has 1 aromatic carbocycles. The van der Waals surface area contributed by atoms with Crippen LogP contribution in [0, 0.1) is 0 Å². The molecule has 0 saturated heterocycles. The van der Waals surface area contributed by atoms with E-state index in [0.717, 1.165) is 42.9 Å². The highest BCUT2D eigenvalue weighted by Gasteiger charge is 2.11. The van der Waals surface area contributed by atoms with E-state index in [1.54, 1.807) is 0 Å². The molecule has 1 atom stereocenters. The van der Waals surface area contributed by atoms with Crippen LogP contribution in [0.2, 0.25) is 0 Å². The number of nitrogens with zero attached hydrogens (tertiary/aromatic N) is 2. The molecule has 2 aromatic heterocycles. The van der Waals surface area contributed by atoms with Gasteiger partial charge in [-0.25, -0.2) is 4.98 Å². The van der Waals surface area contributed by atoms with E-state index in [2.05, 4.69) is 71.3 Å². The second-order valence-electron chi connectivity index (χ2n) is 6.11. The summed E-state index contributed by atoms with van der Waals surface area (Å²) in [7, 11) is 0. The molecule has 4 heteroatoms. The van der Waals surface area contributed by atoms with Crippen LogP contribution in [0.1, 0.15) is 27.2 Å². The fraction of sp³-hybridized carbons (Fsp3) is 0.421. The molecule has 0 radical (unpaired) electrons. The van der Waals surface area contributed by atoms with E-state index < -0.39 is 0 Å². The highest BCUT2D eigenvalue weighted by atomic mass is 15.1. The number of pyridine rings is 1. The predicted octanol–water partition coefficient (Wildman–Crippen LogP) is 4.25. The van der Waals surface area contributed by atoms with Crippen LogP contribution in [0.3, 0.4) is 0 Å². The first-order chi connectivity index (χ1) is 11.2. The molecule has 0 amide bonds. The highest BCUT2D eigenvalue weighted by molar-refractivity contribution is 6.10. The average Bonchev–Trinajstić information content (AvgIpc) is 2.96. The van der Waals surface area contributed by atoms with Crippen molar-refractivity contribution in [3.05, 3.63) is 36.5 Å². The van der Waals surface area contributed by atoms with Crippen molar-refractivity contribution in [1.82, 2.24) is 14.9 Å². The van der Waals surface area contributed by atoms with Crippen LogP contribution >= 0.6 is 0 Å². The molecular formula is C19H26N4. The SMILES string of the molecule is CCN(CC)CCC(C)Nc1nccc2c1[nH]c1ccccc12. The second-order valence-corrected chi connectivity index (χ2v) is 6.11. The Morgan fingerprint density at radius 2 is 1.91 bits per heavy atom. The van der Waals surface area contributed by atoms with Gasteiger partial charge in [-0.2, -0.15) is 0 Å². The van der Waals surface area contributed by atoms with Gasteiger partial charge in [0.05, 0.1) is 5.52 Å². The number of nitrogens with one attached hydrogen (secondary N) is 2. The zero-order valence-corrected chi connectivity index (χ0v) is 14.3. The molecule has 3 rings (SSSR count). The number of aromatic amines is 1. The van der Waals surface area contributed by atoms with Crippen molar-refractivity contribution in [3.63, 3.8) is 0 Å². The summed E-state index contributed by atoms with van der Waals surface area (Å²) in [6.07, 6.45) is 3.00. The Morgan fingerprint density at radius 1 is 1.13 bits per heavy atom. The molecule has 0 aliphatic rings. The van der Waals surface area contributed by atoms with Crippen LogP contribution < -0.4 is 5.32 Å². The number of hydrogen-bond acceptors (Lipinski definition) is 3. The van der Waals surface area contributed by atoms with Gasteiger partial charge in [0.2, 0.25) is 0 Å². The van der Waals surface area contributed by atoms with Gasteiger partial charge < -0.3 is 15.2 Å². The van der Waals surface area contributed by atoms with E-state index in [1.165, 1.54) is 10.8 Å². The topological polar surface area (TPSA) is 44.0 Å². The summed E-state index contributed by atoms with van der Waals surface area (Å²) in [6, 6.07) is 10.9. The van der Waals surface area contributed by atoms with E-state index >= 15 is 0 Å². The van der Waals surface area contributed by atoms with Gasteiger partial charge in [0.15, 0.2) is 5.82 Å². The predicted molar refractivity (Wildman–Crippen MR) is 99.1 cm³/mol. The lowest BCUT2D eigenvalue weighted by atomic mass is 10.2. The molecule has 0 spiro atoms. The Labute approximate surface area is 137 Å². The van der Waals surface area contributed by atoms with Gasteiger partial charge in [-0.05, 0) is 38.6 Å². The van der Waals surface area contributed by atoms with E-state index in [0.29, 0.717) is 6.04 Å². The molecule has 23 heavy (non-hydrogen) atoms. The Bertz CT molecular complexity index is 773. The first-order valence-corrected chi connectivity index (χ1v) is 8.57. The first-order valence-electron chi connectivity index (χ1n) is 8.57. The Hall–Kier alpha value is -2.07. The monoisotopic (exact) mass is 310 g/mol. The summed E-state index contributed by atoms with van der Waals surface area (Å²) in [4.78, 5) is 10.5. The molecule has 0 aliphatic carbocycles. The number of hydrogen-bond donors (Lipinski definition) is 2. The van der Waals surface area contributed by atoms with E-state index in [-0.39, 0.29) is 0 Å². The van der Waals surface area contributed by atoms with Crippen LogP contribution in [0.25, 0.3) is 21.8 Å². The molecule has 0 saturated carbocycles. The van der Waals surface area contributed by atoms with Gasteiger partial charge in [0, 0.05) is 35.1 Å². The summed E-state index contributed by atoms with van der Waals surface area (Å²) in [5.41, 5.74) is 2.26. The molecule has 1 unspecified atom stereocenters. The van der Waals surface area contributed by atoms with E-state index in [4.69, 9.17) is 0 Å². The van der Waals surface area contributed by atoms with Crippen LogP contribution in [-0.2, 0) is 0 Å². The first kappa shape index (κ1) is 15.8. The molecule has 2 N–H and O–H groups in total. The lowest BCUT2D eigenvalue weighted by Gasteiger charge is -2.21. The number of para-hydroxylation sites is 1. The Balaban J connectivity index is 1.80. The lowest BCUT2D eigenvalue weighted by molar-refractivity contribution is 0.295. The largest absolute Gasteiger partial charge is 0.366 e. The quantitative estimate of drug-likeness (QED) is 0.685. The van der Waals surface area contributed by atoms with Gasteiger partial charge in [0.25, 0.3) is 0 Å². The molecule has 3 aromatic rings. The van der Waals surface area contributed by atoms with Crippen molar-refractivity contribution in [2.75, 3.05) is 25.0 Å². The Kier molecular flexibility index (Phi) is 4.82. The highest BCUT2D eigenvalue weighted by Crippen LogP contribution is 2.29. The number of H-pyrrole nitrogens is 1. The van der Waals surface area contributed by atoms with Crippen molar-refractivity contribution in [2.45, 2.75) is 33.2 Å². The van der Waals surface area contributed by atoms with Gasteiger partial charge in [0.1, 0.15) is 0 Å². The van der Waals surface area contributed by atoms with Crippen molar-refractivity contribution in [1.29, 1.82) is 0 Å². The minimum atomic E-state index is 0.389. The minimum absolute atomic E-state index is 0.389. The number of anilines is 1.